The molecular formula is C27H36N2O5. The average molecular weight is 469 g/mol. The van der Waals surface area contributed by atoms with Crippen LogP contribution in [0, 0.1) is 5.92 Å². The van der Waals surface area contributed by atoms with Crippen molar-refractivity contribution >= 4 is 12.0 Å². The van der Waals surface area contributed by atoms with Crippen LogP contribution in [0.15, 0.2) is 48.5 Å². The Labute approximate surface area is 202 Å². The maximum absolute atomic E-state index is 13.0. The molecule has 3 rings (SSSR count). The number of piperidine rings is 1. The van der Waals surface area contributed by atoms with Crippen molar-refractivity contribution in [1.29, 1.82) is 0 Å². The summed E-state index contributed by atoms with van der Waals surface area (Å²) in [5.41, 5.74) is 1.19. The van der Waals surface area contributed by atoms with Gasteiger partial charge in [0.1, 0.15) is 23.7 Å². The van der Waals surface area contributed by atoms with Crippen molar-refractivity contribution in [3.63, 3.8) is 0 Å². The molecule has 2 amide bonds. The van der Waals surface area contributed by atoms with Gasteiger partial charge in [0, 0.05) is 32.2 Å². The molecule has 2 aromatic rings. The van der Waals surface area contributed by atoms with Gasteiger partial charge < -0.3 is 24.4 Å². The third-order valence-corrected chi connectivity index (χ3v) is 5.83. The van der Waals surface area contributed by atoms with E-state index < -0.39 is 5.60 Å². The van der Waals surface area contributed by atoms with Crippen molar-refractivity contribution in [1.82, 2.24) is 9.80 Å². The number of amides is 2. The van der Waals surface area contributed by atoms with Gasteiger partial charge in [-0.3, -0.25) is 4.79 Å². The number of phenols is 1. The molecule has 1 aliphatic heterocycles. The van der Waals surface area contributed by atoms with Crippen LogP contribution in [0.2, 0.25) is 0 Å². The molecule has 0 bridgehead atoms. The Morgan fingerprint density at radius 2 is 1.76 bits per heavy atom. The van der Waals surface area contributed by atoms with Gasteiger partial charge in [0.2, 0.25) is 5.91 Å². The molecule has 0 unspecified atom stereocenters. The van der Waals surface area contributed by atoms with Crippen LogP contribution in [0.25, 0.3) is 0 Å². The van der Waals surface area contributed by atoms with Crippen LogP contribution in [0.4, 0.5) is 4.79 Å². The number of hydrogen-bond acceptors (Lipinski definition) is 5. The molecule has 1 fully saturated rings. The molecule has 7 nitrogen and oxygen atoms in total. The zero-order valence-electron chi connectivity index (χ0n) is 20.6. The summed E-state index contributed by atoms with van der Waals surface area (Å²) in [6.45, 7) is 7.86. The number of hydrogen-bond donors (Lipinski definition) is 1. The maximum atomic E-state index is 13.0. The maximum Gasteiger partial charge on any atom is 0.410 e. The van der Waals surface area contributed by atoms with Crippen molar-refractivity contribution < 1.29 is 24.2 Å². The Bertz CT molecular complexity index is 963. The molecule has 1 aliphatic rings. The number of rotatable bonds is 7. The van der Waals surface area contributed by atoms with E-state index in [1.807, 2.05) is 56.0 Å². The summed E-state index contributed by atoms with van der Waals surface area (Å²) in [5, 5.41) is 9.96. The van der Waals surface area contributed by atoms with E-state index in [0.717, 1.165) is 18.4 Å². The fraction of sp³-hybridized carbons (Fsp3) is 0.481. The summed E-state index contributed by atoms with van der Waals surface area (Å²) in [6, 6.07) is 14.7. The third-order valence-electron chi connectivity index (χ3n) is 5.83. The minimum atomic E-state index is -0.517. The van der Waals surface area contributed by atoms with Gasteiger partial charge in [-0.1, -0.05) is 30.3 Å². The Hall–Kier alpha value is -3.22. The van der Waals surface area contributed by atoms with Crippen molar-refractivity contribution in [3.8, 4) is 11.5 Å². The van der Waals surface area contributed by atoms with E-state index in [1.165, 1.54) is 0 Å². The fourth-order valence-corrected chi connectivity index (χ4v) is 4.02. The van der Waals surface area contributed by atoms with Gasteiger partial charge >= 0.3 is 6.09 Å². The van der Waals surface area contributed by atoms with Crippen LogP contribution in [-0.4, -0.2) is 59.2 Å². The Kier molecular flexibility index (Phi) is 8.42. The minimum Gasteiger partial charge on any atom is -0.508 e. The lowest BCUT2D eigenvalue weighted by Crippen LogP contribution is -2.43. The van der Waals surface area contributed by atoms with Crippen LogP contribution in [0.5, 0.6) is 11.5 Å². The first-order valence-electron chi connectivity index (χ1n) is 11.8. The zero-order chi connectivity index (χ0) is 24.7. The monoisotopic (exact) mass is 468 g/mol. The second kappa shape index (κ2) is 11.3. The molecule has 184 valence electrons. The number of carbonyl (C=O) groups is 2. The van der Waals surface area contributed by atoms with Crippen LogP contribution < -0.4 is 4.74 Å². The lowest BCUT2D eigenvalue weighted by Gasteiger charge is -2.34. The van der Waals surface area contributed by atoms with Crippen molar-refractivity contribution in [2.45, 2.75) is 52.2 Å². The molecule has 0 saturated carbocycles. The van der Waals surface area contributed by atoms with E-state index in [1.54, 1.807) is 30.1 Å². The predicted molar refractivity (Wildman–Crippen MR) is 131 cm³/mol. The summed E-state index contributed by atoms with van der Waals surface area (Å²) in [4.78, 5) is 28.7. The molecule has 1 saturated heterocycles. The van der Waals surface area contributed by atoms with Gasteiger partial charge in [-0.05, 0) is 63.3 Å². The first-order chi connectivity index (χ1) is 16.1. The second-order valence-corrected chi connectivity index (χ2v) is 9.93. The molecule has 0 atom stereocenters. The molecule has 1 N–H and O–H groups in total. The quantitative estimate of drug-likeness (QED) is 0.642. The van der Waals surface area contributed by atoms with E-state index in [-0.39, 0.29) is 24.2 Å². The van der Waals surface area contributed by atoms with E-state index >= 15 is 0 Å². The number of nitrogens with zero attached hydrogens (tertiary/aromatic N) is 2. The lowest BCUT2D eigenvalue weighted by molar-refractivity contribution is -0.132. The van der Waals surface area contributed by atoms with Crippen LogP contribution >= 0.6 is 0 Å². The van der Waals surface area contributed by atoms with Gasteiger partial charge in [-0.2, -0.15) is 0 Å². The number of phenolic OH excluding ortho intramolecular Hbond substituents is 1. The number of ether oxygens (including phenoxy) is 2. The molecule has 7 heteroatoms. The summed E-state index contributed by atoms with van der Waals surface area (Å²) in [5.74, 6) is 1.05. The van der Waals surface area contributed by atoms with E-state index in [4.69, 9.17) is 9.47 Å². The summed E-state index contributed by atoms with van der Waals surface area (Å²) in [7, 11) is 1.75. The molecule has 0 aromatic heterocycles. The lowest BCUT2D eigenvalue weighted by atomic mass is 9.96. The van der Waals surface area contributed by atoms with Crippen molar-refractivity contribution in [3.05, 3.63) is 59.7 Å². The molecule has 0 radical (unpaired) electrons. The minimum absolute atomic E-state index is 0.00843. The Balaban J connectivity index is 1.52. The van der Waals surface area contributed by atoms with E-state index in [0.29, 0.717) is 43.5 Å². The van der Waals surface area contributed by atoms with E-state index in [9.17, 15) is 14.7 Å². The number of benzene rings is 2. The molecular weight excluding hydrogens is 432 g/mol. The highest BCUT2D eigenvalue weighted by atomic mass is 16.6. The SMILES string of the molecule is CN(CC1CCN(C(=O)Cc2cc(O)ccc2OCc2ccccc2)CC1)C(=O)OC(C)(C)C. The number of carbonyl (C=O) groups excluding carboxylic acids is 2. The zero-order valence-corrected chi connectivity index (χ0v) is 20.6. The van der Waals surface area contributed by atoms with E-state index in [2.05, 4.69) is 0 Å². The first-order valence-corrected chi connectivity index (χ1v) is 11.8. The Morgan fingerprint density at radius 3 is 2.41 bits per heavy atom. The fourth-order valence-electron chi connectivity index (χ4n) is 4.02. The van der Waals surface area contributed by atoms with Gasteiger partial charge in [0.15, 0.2) is 0 Å². The smallest absolute Gasteiger partial charge is 0.410 e. The van der Waals surface area contributed by atoms with Crippen LogP contribution in [-0.2, 0) is 22.6 Å². The first kappa shape index (κ1) is 25.4. The molecule has 34 heavy (non-hydrogen) atoms. The molecule has 1 heterocycles. The second-order valence-electron chi connectivity index (χ2n) is 9.93. The van der Waals surface area contributed by atoms with Gasteiger partial charge in [0.25, 0.3) is 0 Å². The molecule has 0 spiro atoms. The number of aromatic hydroxyl groups is 1. The van der Waals surface area contributed by atoms with Crippen molar-refractivity contribution in [2.75, 3.05) is 26.7 Å². The standard InChI is InChI=1S/C27H36N2O5/c1-27(2,3)34-26(32)28(4)18-20-12-14-29(15-13-20)25(31)17-22-16-23(30)10-11-24(22)33-19-21-8-6-5-7-9-21/h5-11,16,20,30H,12-15,17-19H2,1-4H3. The van der Waals surface area contributed by atoms with Gasteiger partial charge in [-0.15, -0.1) is 0 Å². The summed E-state index contributed by atoms with van der Waals surface area (Å²) >= 11 is 0. The summed E-state index contributed by atoms with van der Waals surface area (Å²) in [6.07, 6.45) is 1.51. The average Bonchev–Trinajstić information content (AvgIpc) is 2.78. The Morgan fingerprint density at radius 1 is 1.09 bits per heavy atom. The van der Waals surface area contributed by atoms with Crippen LogP contribution in [0.3, 0.4) is 0 Å². The topological polar surface area (TPSA) is 79.3 Å². The predicted octanol–water partition coefficient (Wildman–Crippen LogP) is 4.62. The van der Waals surface area contributed by atoms with Crippen LogP contribution in [0.1, 0.15) is 44.7 Å². The third kappa shape index (κ3) is 7.68. The highest BCUT2D eigenvalue weighted by Crippen LogP contribution is 2.27. The number of likely N-dealkylation sites (tertiary alicyclic amines) is 1. The van der Waals surface area contributed by atoms with Gasteiger partial charge in [-0.25, -0.2) is 4.79 Å². The highest BCUT2D eigenvalue weighted by molar-refractivity contribution is 5.79. The largest absolute Gasteiger partial charge is 0.508 e. The highest BCUT2D eigenvalue weighted by Gasteiger charge is 2.27. The summed E-state index contributed by atoms with van der Waals surface area (Å²) < 4.78 is 11.4. The normalized spacial score (nSPS) is 14.5. The van der Waals surface area contributed by atoms with Gasteiger partial charge in [0.05, 0.1) is 6.42 Å². The van der Waals surface area contributed by atoms with Crippen molar-refractivity contribution in [2.24, 2.45) is 5.92 Å². The molecule has 2 aromatic carbocycles. The molecule has 0 aliphatic carbocycles.